The first-order valence-corrected chi connectivity index (χ1v) is 5.61. The molecule has 17 heavy (non-hydrogen) atoms. The summed E-state index contributed by atoms with van der Waals surface area (Å²) in [6.45, 7) is 1.80. The first kappa shape index (κ1) is 10.2. The molecule has 0 saturated carbocycles. The lowest BCUT2D eigenvalue weighted by Crippen LogP contribution is -2.50. The number of hydrazine groups is 1. The maximum Gasteiger partial charge on any atom is 0.303 e. The third-order valence-electron chi connectivity index (χ3n) is 2.81. The van der Waals surface area contributed by atoms with E-state index < -0.39 is 0 Å². The van der Waals surface area contributed by atoms with Crippen molar-refractivity contribution in [1.82, 2.24) is 20.4 Å². The van der Waals surface area contributed by atoms with Gasteiger partial charge in [-0.15, -0.1) is 0 Å². The van der Waals surface area contributed by atoms with Crippen LogP contribution in [0.4, 0.5) is 0 Å². The first-order valence-electron chi connectivity index (χ1n) is 5.61. The van der Waals surface area contributed by atoms with Gasteiger partial charge < -0.3 is 0 Å². The summed E-state index contributed by atoms with van der Waals surface area (Å²) in [5, 5.41) is 2.80. The lowest BCUT2D eigenvalue weighted by Gasteiger charge is -2.30. The van der Waals surface area contributed by atoms with Crippen LogP contribution in [-0.4, -0.2) is 34.0 Å². The van der Waals surface area contributed by atoms with E-state index in [9.17, 15) is 4.79 Å². The molecule has 1 N–H and O–H groups in total. The highest BCUT2D eigenvalue weighted by molar-refractivity contribution is 5.92. The molecule has 5 heteroatoms. The predicted octanol–water partition coefficient (Wildman–Crippen LogP) is 0.980. The summed E-state index contributed by atoms with van der Waals surface area (Å²) >= 11 is 0. The molecule has 0 unspecified atom stereocenters. The summed E-state index contributed by atoms with van der Waals surface area (Å²) in [7, 11) is 0. The minimum atomic E-state index is -0.240. The second kappa shape index (κ2) is 4.10. The molecule has 0 radical (unpaired) electrons. The van der Waals surface area contributed by atoms with Gasteiger partial charge in [0.15, 0.2) is 0 Å². The van der Waals surface area contributed by atoms with Crippen LogP contribution in [0.2, 0.25) is 0 Å². The molecule has 0 aliphatic carbocycles. The Morgan fingerprint density at radius 3 is 2.88 bits per heavy atom. The van der Waals surface area contributed by atoms with Gasteiger partial charge in [0, 0.05) is 24.7 Å². The van der Waals surface area contributed by atoms with Gasteiger partial charge in [-0.25, -0.2) is 15.0 Å². The van der Waals surface area contributed by atoms with Gasteiger partial charge in [0.25, 0.3) is 0 Å². The fraction of sp³-hybridized carbons (Fsp3) is 0.250. The second-order valence-corrected chi connectivity index (χ2v) is 4.03. The number of carbonyl (C=O) groups excluding carboxylic acids is 1. The van der Waals surface area contributed by atoms with Crippen molar-refractivity contribution in [3.8, 4) is 0 Å². The number of nitrogens with one attached hydrogen (secondary N) is 1. The SMILES string of the molecule is O=C(NN1CCC1)c1ncc2ccccc2n1. The van der Waals surface area contributed by atoms with Crippen LogP contribution in [0.3, 0.4) is 0 Å². The van der Waals surface area contributed by atoms with E-state index in [-0.39, 0.29) is 11.7 Å². The molecule has 0 spiro atoms. The van der Waals surface area contributed by atoms with Crippen LogP contribution in [0.25, 0.3) is 10.9 Å². The van der Waals surface area contributed by atoms with Gasteiger partial charge in [-0.2, -0.15) is 0 Å². The van der Waals surface area contributed by atoms with Crippen LogP contribution in [0.5, 0.6) is 0 Å². The topological polar surface area (TPSA) is 58.1 Å². The van der Waals surface area contributed by atoms with Gasteiger partial charge >= 0.3 is 5.91 Å². The van der Waals surface area contributed by atoms with Crippen molar-refractivity contribution in [1.29, 1.82) is 0 Å². The monoisotopic (exact) mass is 228 g/mol. The first-order chi connectivity index (χ1) is 8.33. The normalized spacial score (nSPS) is 15.5. The van der Waals surface area contributed by atoms with Gasteiger partial charge in [-0.3, -0.25) is 10.2 Å². The molecule has 2 aromatic rings. The Balaban J connectivity index is 1.86. The van der Waals surface area contributed by atoms with Crippen LogP contribution >= 0.6 is 0 Å². The predicted molar refractivity (Wildman–Crippen MR) is 63.2 cm³/mol. The Labute approximate surface area is 98.4 Å². The fourth-order valence-corrected chi connectivity index (χ4v) is 1.70. The molecule has 5 nitrogen and oxygen atoms in total. The molecule has 1 amide bonds. The number of hydrogen-bond donors (Lipinski definition) is 1. The summed E-state index contributed by atoms with van der Waals surface area (Å²) in [5.74, 6) is -0.0222. The smallest absolute Gasteiger partial charge is 0.282 e. The maximum atomic E-state index is 11.8. The van der Waals surface area contributed by atoms with Gasteiger partial charge in [0.2, 0.25) is 5.82 Å². The number of rotatable bonds is 2. The minimum Gasteiger partial charge on any atom is -0.282 e. The molecular weight excluding hydrogens is 216 g/mol. The molecule has 2 heterocycles. The van der Waals surface area contributed by atoms with E-state index in [1.54, 1.807) is 6.20 Å². The van der Waals surface area contributed by atoms with E-state index in [1.165, 1.54) is 0 Å². The van der Waals surface area contributed by atoms with E-state index in [2.05, 4.69) is 15.4 Å². The summed E-state index contributed by atoms with van der Waals surface area (Å²) in [6.07, 6.45) is 2.80. The van der Waals surface area contributed by atoms with Crippen molar-refractivity contribution >= 4 is 16.8 Å². The number of nitrogens with zero attached hydrogens (tertiary/aromatic N) is 3. The number of aromatic nitrogens is 2. The van der Waals surface area contributed by atoms with Gasteiger partial charge in [0.05, 0.1) is 5.52 Å². The Bertz CT molecular complexity index is 565. The van der Waals surface area contributed by atoms with Crippen molar-refractivity contribution in [2.24, 2.45) is 0 Å². The number of fused-ring (bicyclic) bond motifs is 1. The van der Waals surface area contributed by atoms with Gasteiger partial charge in [0.1, 0.15) is 0 Å². The number of benzene rings is 1. The quantitative estimate of drug-likeness (QED) is 0.832. The third kappa shape index (κ3) is 1.97. The van der Waals surface area contributed by atoms with Gasteiger partial charge in [-0.1, -0.05) is 18.2 Å². The van der Waals surface area contributed by atoms with Crippen molar-refractivity contribution in [3.63, 3.8) is 0 Å². The Morgan fingerprint density at radius 2 is 2.12 bits per heavy atom. The average molecular weight is 228 g/mol. The maximum absolute atomic E-state index is 11.8. The molecule has 1 saturated heterocycles. The van der Waals surface area contributed by atoms with E-state index in [0.717, 1.165) is 30.4 Å². The summed E-state index contributed by atoms with van der Waals surface area (Å²) < 4.78 is 0. The molecule has 1 aromatic heterocycles. The Kier molecular flexibility index (Phi) is 2.45. The molecule has 0 atom stereocenters. The van der Waals surface area contributed by atoms with E-state index in [0.29, 0.717) is 0 Å². The highest BCUT2D eigenvalue weighted by Crippen LogP contribution is 2.09. The zero-order valence-electron chi connectivity index (χ0n) is 9.26. The number of para-hydroxylation sites is 1. The highest BCUT2D eigenvalue weighted by Gasteiger charge is 2.18. The minimum absolute atomic E-state index is 0.218. The van der Waals surface area contributed by atoms with Crippen molar-refractivity contribution in [2.75, 3.05) is 13.1 Å². The van der Waals surface area contributed by atoms with Crippen molar-refractivity contribution in [3.05, 3.63) is 36.3 Å². The average Bonchev–Trinajstić information content (AvgIpc) is 2.33. The molecule has 1 aliphatic rings. The van der Waals surface area contributed by atoms with Gasteiger partial charge in [-0.05, 0) is 12.5 Å². The molecule has 1 aliphatic heterocycles. The van der Waals surface area contributed by atoms with E-state index >= 15 is 0 Å². The molecule has 1 fully saturated rings. The number of amides is 1. The molecule has 3 rings (SSSR count). The molecular formula is C12H12N4O. The third-order valence-corrected chi connectivity index (χ3v) is 2.81. The lowest BCUT2D eigenvalue weighted by molar-refractivity contribution is 0.0632. The molecule has 86 valence electrons. The second-order valence-electron chi connectivity index (χ2n) is 4.03. The number of hydrogen-bond acceptors (Lipinski definition) is 4. The van der Waals surface area contributed by atoms with E-state index in [1.807, 2.05) is 29.3 Å². The van der Waals surface area contributed by atoms with Crippen LogP contribution in [-0.2, 0) is 0 Å². The number of carbonyl (C=O) groups is 1. The van der Waals surface area contributed by atoms with E-state index in [4.69, 9.17) is 0 Å². The Morgan fingerprint density at radius 1 is 1.29 bits per heavy atom. The fourth-order valence-electron chi connectivity index (χ4n) is 1.70. The van der Waals surface area contributed by atoms with Crippen molar-refractivity contribution < 1.29 is 4.79 Å². The van der Waals surface area contributed by atoms with Crippen LogP contribution in [0.15, 0.2) is 30.5 Å². The van der Waals surface area contributed by atoms with Crippen LogP contribution < -0.4 is 5.43 Å². The lowest BCUT2D eigenvalue weighted by atomic mass is 10.2. The Hall–Kier alpha value is -2.01. The standard InChI is InChI=1S/C12H12N4O/c17-12(15-16-6-3-7-16)11-13-8-9-4-1-2-5-10(9)14-11/h1-2,4-5,8H,3,6-7H2,(H,15,17). The molecule has 0 bridgehead atoms. The summed E-state index contributed by atoms with van der Waals surface area (Å²) in [5.41, 5.74) is 3.55. The van der Waals surface area contributed by atoms with Crippen LogP contribution in [0.1, 0.15) is 17.0 Å². The van der Waals surface area contributed by atoms with Crippen molar-refractivity contribution in [2.45, 2.75) is 6.42 Å². The largest absolute Gasteiger partial charge is 0.303 e. The zero-order chi connectivity index (χ0) is 11.7. The van der Waals surface area contributed by atoms with Crippen LogP contribution in [0, 0.1) is 0 Å². The summed E-state index contributed by atoms with van der Waals surface area (Å²) in [4.78, 5) is 20.1. The summed E-state index contributed by atoms with van der Waals surface area (Å²) in [6, 6.07) is 7.61. The highest BCUT2D eigenvalue weighted by atomic mass is 16.2. The molecule has 1 aromatic carbocycles. The zero-order valence-corrected chi connectivity index (χ0v) is 9.26.